The Balaban J connectivity index is 1.37. The highest BCUT2D eigenvalue weighted by atomic mass is 16.5. The molecule has 2 amide bonds. The van der Waals surface area contributed by atoms with Gasteiger partial charge in [0.1, 0.15) is 12.6 Å². The van der Waals surface area contributed by atoms with Crippen molar-refractivity contribution in [3.8, 4) is 11.1 Å². The number of alkyl carbamates (subject to hydrolysis) is 1. The summed E-state index contributed by atoms with van der Waals surface area (Å²) < 4.78 is 11.3. The third kappa shape index (κ3) is 6.00. The molecule has 4 rings (SSSR count). The fourth-order valence-corrected chi connectivity index (χ4v) is 4.43. The van der Waals surface area contributed by atoms with Crippen molar-refractivity contribution < 1.29 is 29.0 Å². The number of aliphatic carboxylic acids is 1. The Labute approximate surface area is 205 Å². The van der Waals surface area contributed by atoms with Gasteiger partial charge in [-0.05, 0) is 55.4 Å². The molecule has 0 radical (unpaired) electrons. The highest BCUT2D eigenvalue weighted by molar-refractivity contribution is 5.86. The van der Waals surface area contributed by atoms with Crippen LogP contribution in [0.1, 0.15) is 44.2 Å². The van der Waals surface area contributed by atoms with Crippen LogP contribution in [0.15, 0.2) is 48.5 Å². The van der Waals surface area contributed by atoms with Crippen LogP contribution in [0.5, 0.6) is 0 Å². The van der Waals surface area contributed by atoms with E-state index in [0.29, 0.717) is 6.42 Å². The van der Waals surface area contributed by atoms with E-state index in [-0.39, 0.29) is 31.6 Å². The molecular weight excluding hydrogens is 448 g/mol. The molecule has 2 aromatic rings. The van der Waals surface area contributed by atoms with E-state index in [0.717, 1.165) is 22.3 Å². The van der Waals surface area contributed by atoms with E-state index in [9.17, 15) is 14.4 Å². The predicted octanol–water partition coefficient (Wildman–Crippen LogP) is 3.55. The van der Waals surface area contributed by atoms with E-state index >= 15 is 0 Å². The van der Waals surface area contributed by atoms with E-state index in [1.54, 1.807) is 0 Å². The molecule has 0 heterocycles. The normalized spacial score (nSPS) is 19.3. The molecule has 0 spiro atoms. The van der Waals surface area contributed by atoms with Crippen LogP contribution in [-0.2, 0) is 19.1 Å². The van der Waals surface area contributed by atoms with Crippen molar-refractivity contribution in [1.29, 1.82) is 0 Å². The number of ether oxygens (including phenoxy) is 2. The van der Waals surface area contributed by atoms with E-state index in [4.69, 9.17) is 14.6 Å². The Kier molecular flexibility index (Phi) is 7.12. The fraction of sp³-hybridized carbons (Fsp3) is 0.444. The van der Waals surface area contributed by atoms with Crippen molar-refractivity contribution in [2.24, 2.45) is 11.8 Å². The molecular formula is C27H32N2O6. The predicted molar refractivity (Wildman–Crippen MR) is 130 cm³/mol. The number of hydrogen-bond donors (Lipinski definition) is 3. The Morgan fingerprint density at radius 2 is 1.63 bits per heavy atom. The molecule has 2 aliphatic rings. The topological polar surface area (TPSA) is 114 Å². The quantitative estimate of drug-likeness (QED) is 0.506. The van der Waals surface area contributed by atoms with E-state index in [1.165, 1.54) is 0 Å². The zero-order valence-corrected chi connectivity index (χ0v) is 20.2. The van der Waals surface area contributed by atoms with Crippen LogP contribution >= 0.6 is 0 Å². The highest BCUT2D eigenvalue weighted by Crippen LogP contribution is 2.44. The number of nitrogens with one attached hydrogen (secondary N) is 2. The molecule has 0 unspecified atom stereocenters. The number of carboxylic acids is 1. The van der Waals surface area contributed by atoms with Gasteiger partial charge in [0.2, 0.25) is 5.91 Å². The minimum absolute atomic E-state index is 0.0352. The average Bonchev–Trinajstić information content (AvgIpc) is 3.54. The standard InChI is InChI=1S/C27H32N2O6/c1-27(2,3)35-15-23(24(30)28-13-16-12-21(16)25(31)32)29-26(33)34-14-22-19-10-6-4-8-17(19)18-9-5-7-11-20(18)22/h4-11,16,21-23H,12-15H2,1-3H3,(H,28,30)(H,29,33)(H,31,32)/t16-,21-,23+/m1/s1. The van der Waals surface area contributed by atoms with Crippen molar-refractivity contribution in [1.82, 2.24) is 10.6 Å². The summed E-state index contributed by atoms with van der Waals surface area (Å²) in [5.74, 6) is -1.88. The number of carboxylic acid groups (broad SMARTS) is 1. The second-order valence-corrected chi connectivity index (χ2v) is 10.1. The van der Waals surface area contributed by atoms with Gasteiger partial charge in [0.15, 0.2) is 0 Å². The van der Waals surface area contributed by atoms with Crippen LogP contribution in [0, 0.1) is 11.8 Å². The lowest BCUT2D eigenvalue weighted by Gasteiger charge is -2.25. The van der Waals surface area contributed by atoms with Gasteiger partial charge in [-0.15, -0.1) is 0 Å². The van der Waals surface area contributed by atoms with E-state index in [2.05, 4.69) is 22.8 Å². The summed E-state index contributed by atoms with van der Waals surface area (Å²) in [6.45, 7) is 5.92. The number of fused-ring (bicyclic) bond motifs is 3. The molecule has 8 nitrogen and oxygen atoms in total. The Morgan fingerprint density at radius 1 is 1.03 bits per heavy atom. The summed E-state index contributed by atoms with van der Waals surface area (Å²) in [5.41, 5.74) is 3.96. The van der Waals surface area contributed by atoms with Crippen molar-refractivity contribution in [3.05, 3.63) is 59.7 Å². The van der Waals surface area contributed by atoms with Crippen LogP contribution in [0.25, 0.3) is 11.1 Å². The molecule has 3 atom stereocenters. The van der Waals surface area contributed by atoms with Gasteiger partial charge in [0, 0.05) is 12.5 Å². The first-order valence-corrected chi connectivity index (χ1v) is 11.9. The maximum Gasteiger partial charge on any atom is 0.407 e. The first-order chi connectivity index (χ1) is 16.6. The van der Waals surface area contributed by atoms with Gasteiger partial charge in [-0.3, -0.25) is 9.59 Å². The molecule has 8 heteroatoms. The zero-order valence-electron chi connectivity index (χ0n) is 20.2. The van der Waals surface area contributed by atoms with Crippen LogP contribution in [0.2, 0.25) is 0 Å². The van der Waals surface area contributed by atoms with Gasteiger partial charge in [0.05, 0.1) is 18.1 Å². The minimum Gasteiger partial charge on any atom is -0.481 e. The summed E-state index contributed by atoms with van der Waals surface area (Å²) in [5, 5.41) is 14.4. The number of amides is 2. The molecule has 2 aromatic carbocycles. The molecule has 1 fully saturated rings. The van der Waals surface area contributed by atoms with Crippen LogP contribution in [-0.4, -0.2) is 54.5 Å². The molecule has 0 saturated heterocycles. The molecule has 0 bridgehead atoms. The molecule has 0 aromatic heterocycles. The molecule has 3 N–H and O–H groups in total. The first kappa shape index (κ1) is 24.7. The second-order valence-electron chi connectivity index (χ2n) is 10.1. The number of benzene rings is 2. The van der Waals surface area contributed by atoms with Gasteiger partial charge in [0.25, 0.3) is 0 Å². The number of carbonyl (C=O) groups excluding carboxylic acids is 2. The van der Waals surface area contributed by atoms with Crippen LogP contribution < -0.4 is 10.6 Å². The Hall–Kier alpha value is -3.39. The fourth-order valence-electron chi connectivity index (χ4n) is 4.43. The van der Waals surface area contributed by atoms with Crippen LogP contribution in [0.3, 0.4) is 0 Å². The van der Waals surface area contributed by atoms with Crippen LogP contribution in [0.4, 0.5) is 4.79 Å². The molecule has 1 saturated carbocycles. The van der Waals surface area contributed by atoms with Crippen molar-refractivity contribution in [2.75, 3.05) is 19.8 Å². The van der Waals surface area contributed by atoms with Gasteiger partial charge < -0.3 is 25.2 Å². The van der Waals surface area contributed by atoms with E-state index in [1.807, 2.05) is 57.2 Å². The Bertz CT molecular complexity index is 1060. The third-order valence-corrected chi connectivity index (χ3v) is 6.41. The number of hydrogen-bond acceptors (Lipinski definition) is 5. The second kappa shape index (κ2) is 10.1. The van der Waals surface area contributed by atoms with Crippen molar-refractivity contribution >= 4 is 18.0 Å². The van der Waals surface area contributed by atoms with Gasteiger partial charge in [-0.2, -0.15) is 0 Å². The Morgan fingerprint density at radius 3 is 2.17 bits per heavy atom. The highest BCUT2D eigenvalue weighted by Gasteiger charge is 2.43. The summed E-state index contributed by atoms with van der Waals surface area (Å²) in [7, 11) is 0. The summed E-state index contributed by atoms with van der Waals surface area (Å²) in [4.78, 5) is 36.5. The zero-order chi connectivity index (χ0) is 25.2. The summed E-state index contributed by atoms with van der Waals surface area (Å²) in [6.07, 6.45) is -0.169. The lowest BCUT2D eigenvalue weighted by atomic mass is 9.98. The maximum atomic E-state index is 12.8. The third-order valence-electron chi connectivity index (χ3n) is 6.41. The monoisotopic (exact) mass is 480 g/mol. The molecule has 0 aliphatic heterocycles. The average molecular weight is 481 g/mol. The first-order valence-electron chi connectivity index (χ1n) is 11.9. The lowest BCUT2D eigenvalue weighted by molar-refractivity contribution is -0.139. The molecule has 186 valence electrons. The lowest BCUT2D eigenvalue weighted by Crippen LogP contribution is -2.51. The number of carbonyl (C=O) groups is 3. The smallest absolute Gasteiger partial charge is 0.407 e. The minimum atomic E-state index is -0.966. The van der Waals surface area contributed by atoms with E-state index < -0.39 is 35.5 Å². The molecule has 35 heavy (non-hydrogen) atoms. The van der Waals surface area contributed by atoms with Crippen molar-refractivity contribution in [3.63, 3.8) is 0 Å². The van der Waals surface area contributed by atoms with Gasteiger partial charge in [-0.1, -0.05) is 48.5 Å². The van der Waals surface area contributed by atoms with Gasteiger partial charge in [-0.25, -0.2) is 4.79 Å². The maximum absolute atomic E-state index is 12.8. The SMILES string of the molecule is CC(C)(C)OC[C@H](NC(=O)OCC1c2ccccc2-c2ccccc21)C(=O)NC[C@H]1C[C@H]1C(=O)O. The summed E-state index contributed by atoms with van der Waals surface area (Å²) >= 11 is 0. The summed E-state index contributed by atoms with van der Waals surface area (Å²) in [6, 6.07) is 15.2. The van der Waals surface area contributed by atoms with Crippen molar-refractivity contribution in [2.45, 2.75) is 44.8 Å². The number of rotatable bonds is 9. The van der Waals surface area contributed by atoms with Gasteiger partial charge >= 0.3 is 12.1 Å². The largest absolute Gasteiger partial charge is 0.481 e. The molecule has 2 aliphatic carbocycles.